The summed E-state index contributed by atoms with van der Waals surface area (Å²) >= 11 is 0. The van der Waals surface area contributed by atoms with Gasteiger partial charge in [-0.05, 0) is 37.7 Å². The Bertz CT molecular complexity index is 444. The minimum absolute atomic E-state index is 0.0572. The minimum atomic E-state index is -0.383. The Morgan fingerprint density at radius 1 is 1.33 bits per heavy atom. The van der Waals surface area contributed by atoms with Gasteiger partial charge in [-0.2, -0.15) is 0 Å². The van der Waals surface area contributed by atoms with E-state index in [-0.39, 0.29) is 11.9 Å². The van der Waals surface area contributed by atoms with Gasteiger partial charge in [0.05, 0.1) is 12.7 Å². The van der Waals surface area contributed by atoms with Gasteiger partial charge in [0.1, 0.15) is 0 Å². The van der Waals surface area contributed by atoms with E-state index in [9.17, 15) is 9.59 Å². The van der Waals surface area contributed by atoms with Gasteiger partial charge in [0.2, 0.25) is 5.91 Å². The van der Waals surface area contributed by atoms with E-state index in [2.05, 4.69) is 15.4 Å². The molecule has 0 aliphatic carbocycles. The van der Waals surface area contributed by atoms with Gasteiger partial charge < -0.3 is 15.4 Å². The van der Waals surface area contributed by atoms with Crippen molar-refractivity contribution < 1.29 is 14.3 Å². The molecule has 2 N–H and O–H groups in total. The summed E-state index contributed by atoms with van der Waals surface area (Å²) in [5.74, 6) is -0.440. The lowest BCUT2D eigenvalue weighted by Crippen LogP contribution is -2.19. The number of carbonyl (C=O) groups is 2. The van der Waals surface area contributed by atoms with Gasteiger partial charge in [-0.1, -0.05) is 0 Å². The van der Waals surface area contributed by atoms with Crippen LogP contribution in [0.3, 0.4) is 0 Å². The van der Waals surface area contributed by atoms with Crippen LogP contribution in [0.15, 0.2) is 18.2 Å². The summed E-state index contributed by atoms with van der Waals surface area (Å²) in [4.78, 5) is 22.9. The molecule has 0 aliphatic rings. The highest BCUT2D eigenvalue weighted by Crippen LogP contribution is 2.17. The second-order valence-electron chi connectivity index (χ2n) is 3.92. The summed E-state index contributed by atoms with van der Waals surface area (Å²) in [5, 5.41) is 5.71. The molecule has 0 atom stereocenters. The molecule has 0 unspecified atom stereocenters. The standard InChI is InChI=1S/C13H18N2O3/c1-9-8-10(13(17)18-3)4-5-11(9)15-12(16)6-7-14-2/h4-5,8,14H,6-7H2,1-3H3,(H,15,16). The zero-order chi connectivity index (χ0) is 13.5. The van der Waals surface area contributed by atoms with Gasteiger partial charge in [-0.3, -0.25) is 4.79 Å². The maximum Gasteiger partial charge on any atom is 0.337 e. The number of methoxy groups -OCH3 is 1. The third-order valence-electron chi connectivity index (χ3n) is 2.52. The number of nitrogens with one attached hydrogen (secondary N) is 2. The molecular weight excluding hydrogens is 232 g/mol. The minimum Gasteiger partial charge on any atom is -0.465 e. The van der Waals surface area contributed by atoms with Crippen LogP contribution in [0.2, 0.25) is 0 Å². The molecule has 1 aromatic carbocycles. The van der Waals surface area contributed by atoms with E-state index in [1.54, 1.807) is 25.2 Å². The van der Waals surface area contributed by atoms with E-state index in [0.29, 0.717) is 24.2 Å². The zero-order valence-electron chi connectivity index (χ0n) is 10.9. The van der Waals surface area contributed by atoms with Crippen molar-refractivity contribution in [3.63, 3.8) is 0 Å². The van der Waals surface area contributed by atoms with Crippen LogP contribution in [0.25, 0.3) is 0 Å². The molecule has 0 fully saturated rings. The second kappa shape index (κ2) is 6.76. The van der Waals surface area contributed by atoms with Crippen molar-refractivity contribution in [2.24, 2.45) is 0 Å². The fourth-order valence-corrected chi connectivity index (χ4v) is 1.50. The summed E-state index contributed by atoms with van der Waals surface area (Å²) in [7, 11) is 3.13. The molecule has 0 spiro atoms. The Morgan fingerprint density at radius 2 is 2.06 bits per heavy atom. The first-order chi connectivity index (χ1) is 8.58. The summed E-state index contributed by atoms with van der Waals surface area (Å²) in [6.45, 7) is 2.46. The molecule has 0 saturated carbocycles. The Kier molecular flexibility index (Phi) is 5.32. The van der Waals surface area contributed by atoms with Gasteiger partial charge >= 0.3 is 5.97 Å². The van der Waals surface area contributed by atoms with Gasteiger partial charge in [-0.25, -0.2) is 4.79 Å². The molecule has 1 rings (SSSR count). The molecule has 0 bridgehead atoms. The van der Waals surface area contributed by atoms with Crippen LogP contribution in [0, 0.1) is 6.92 Å². The van der Waals surface area contributed by atoms with Crippen LogP contribution >= 0.6 is 0 Å². The summed E-state index contributed by atoms with van der Waals surface area (Å²) in [6, 6.07) is 5.03. The molecule has 98 valence electrons. The van der Waals surface area contributed by atoms with Crippen molar-refractivity contribution in [2.45, 2.75) is 13.3 Å². The number of anilines is 1. The average Bonchev–Trinajstić information content (AvgIpc) is 2.37. The van der Waals surface area contributed by atoms with E-state index in [1.807, 2.05) is 6.92 Å². The highest BCUT2D eigenvalue weighted by Gasteiger charge is 2.09. The number of ether oxygens (including phenoxy) is 1. The average molecular weight is 250 g/mol. The molecule has 0 aromatic heterocycles. The third-order valence-corrected chi connectivity index (χ3v) is 2.52. The Labute approximate surface area is 107 Å². The molecule has 0 saturated heterocycles. The molecule has 0 radical (unpaired) electrons. The van der Waals surface area contributed by atoms with Crippen LogP contribution in [0.5, 0.6) is 0 Å². The van der Waals surface area contributed by atoms with E-state index < -0.39 is 0 Å². The number of hydrogen-bond acceptors (Lipinski definition) is 4. The molecule has 0 heterocycles. The number of hydrogen-bond donors (Lipinski definition) is 2. The molecule has 1 amide bonds. The molecule has 1 aromatic rings. The molecule has 5 heteroatoms. The first-order valence-corrected chi connectivity index (χ1v) is 5.72. The van der Waals surface area contributed by atoms with E-state index >= 15 is 0 Å². The summed E-state index contributed by atoms with van der Waals surface area (Å²) in [5.41, 5.74) is 2.02. The Hall–Kier alpha value is -1.88. The fourth-order valence-electron chi connectivity index (χ4n) is 1.50. The molecule has 0 aliphatic heterocycles. The lowest BCUT2D eigenvalue weighted by atomic mass is 10.1. The number of amides is 1. The quantitative estimate of drug-likeness (QED) is 0.774. The van der Waals surface area contributed by atoms with Crippen molar-refractivity contribution in [1.82, 2.24) is 5.32 Å². The smallest absolute Gasteiger partial charge is 0.337 e. The first-order valence-electron chi connectivity index (χ1n) is 5.72. The highest BCUT2D eigenvalue weighted by atomic mass is 16.5. The fraction of sp³-hybridized carbons (Fsp3) is 0.385. The van der Waals surface area contributed by atoms with Crippen LogP contribution in [-0.2, 0) is 9.53 Å². The third kappa shape index (κ3) is 3.85. The summed E-state index contributed by atoms with van der Waals surface area (Å²) < 4.78 is 4.63. The maximum atomic E-state index is 11.6. The predicted octanol–water partition coefficient (Wildman–Crippen LogP) is 1.33. The zero-order valence-corrected chi connectivity index (χ0v) is 10.9. The largest absolute Gasteiger partial charge is 0.465 e. The van der Waals surface area contributed by atoms with Gasteiger partial charge in [-0.15, -0.1) is 0 Å². The van der Waals surface area contributed by atoms with Crippen LogP contribution < -0.4 is 10.6 Å². The lowest BCUT2D eigenvalue weighted by Gasteiger charge is -2.09. The maximum absolute atomic E-state index is 11.6. The van der Waals surface area contributed by atoms with Gasteiger partial charge in [0, 0.05) is 18.7 Å². The molecular formula is C13H18N2O3. The molecule has 18 heavy (non-hydrogen) atoms. The van der Waals surface area contributed by atoms with Crippen LogP contribution in [-0.4, -0.2) is 32.6 Å². The van der Waals surface area contributed by atoms with Crippen molar-refractivity contribution in [1.29, 1.82) is 0 Å². The highest BCUT2D eigenvalue weighted by molar-refractivity contribution is 5.94. The monoisotopic (exact) mass is 250 g/mol. The topological polar surface area (TPSA) is 67.4 Å². The Morgan fingerprint density at radius 3 is 2.61 bits per heavy atom. The van der Waals surface area contributed by atoms with Gasteiger partial charge in [0.25, 0.3) is 0 Å². The normalized spacial score (nSPS) is 9.94. The lowest BCUT2D eigenvalue weighted by molar-refractivity contribution is -0.116. The van der Waals surface area contributed by atoms with E-state index in [4.69, 9.17) is 0 Å². The summed E-state index contributed by atoms with van der Waals surface area (Å²) in [6.07, 6.45) is 0.411. The molecule has 5 nitrogen and oxygen atoms in total. The van der Waals surface area contributed by atoms with Crippen molar-refractivity contribution >= 4 is 17.6 Å². The van der Waals surface area contributed by atoms with Crippen LogP contribution in [0.4, 0.5) is 5.69 Å². The number of benzene rings is 1. The van der Waals surface area contributed by atoms with Gasteiger partial charge in [0.15, 0.2) is 0 Å². The van der Waals surface area contributed by atoms with Crippen molar-refractivity contribution in [2.75, 3.05) is 26.0 Å². The van der Waals surface area contributed by atoms with Crippen molar-refractivity contribution in [3.8, 4) is 0 Å². The second-order valence-corrected chi connectivity index (χ2v) is 3.92. The number of aryl methyl sites for hydroxylation is 1. The van der Waals surface area contributed by atoms with E-state index in [1.165, 1.54) is 7.11 Å². The van der Waals surface area contributed by atoms with Crippen LogP contribution in [0.1, 0.15) is 22.3 Å². The predicted molar refractivity (Wildman–Crippen MR) is 69.7 cm³/mol. The first kappa shape index (κ1) is 14.2. The Balaban J connectivity index is 2.74. The number of esters is 1. The number of carbonyl (C=O) groups excluding carboxylic acids is 2. The van der Waals surface area contributed by atoms with E-state index in [0.717, 1.165) is 5.56 Å². The SMILES string of the molecule is CNCCC(=O)Nc1ccc(C(=O)OC)cc1C. The number of rotatable bonds is 5. The van der Waals surface area contributed by atoms with Crippen molar-refractivity contribution in [3.05, 3.63) is 29.3 Å².